The molecular formula is C21H39N5O. The lowest BCUT2D eigenvalue weighted by molar-refractivity contribution is -0.134. The van der Waals surface area contributed by atoms with E-state index in [1.807, 2.05) is 7.05 Å². The van der Waals surface area contributed by atoms with Gasteiger partial charge in [-0.1, -0.05) is 26.2 Å². The monoisotopic (exact) mass is 377 g/mol. The lowest BCUT2D eigenvalue weighted by atomic mass is 10.1. The van der Waals surface area contributed by atoms with Gasteiger partial charge in [0.05, 0.1) is 0 Å². The Hall–Kier alpha value is -1.30. The van der Waals surface area contributed by atoms with Crippen molar-refractivity contribution in [2.75, 3.05) is 46.3 Å². The second kappa shape index (κ2) is 10.3. The molecule has 6 nitrogen and oxygen atoms in total. The summed E-state index contributed by atoms with van der Waals surface area (Å²) in [6.45, 7) is 8.63. The van der Waals surface area contributed by atoms with Crippen LogP contribution in [0.4, 0.5) is 0 Å². The van der Waals surface area contributed by atoms with Crippen molar-refractivity contribution >= 4 is 11.9 Å². The minimum Gasteiger partial charge on any atom is -0.356 e. The lowest BCUT2D eigenvalue weighted by Gasteiger charge is -2.29. The Kier molecular flexibility index (Phi) is 7.80. The van der Waals surface area contributed by atoms with E-state index in [0.29, 0.717) is 17.9 Å². The quantitative estimate of drug-likeness (QED) is 0.549. The van der Waals surface area contributed by atoms with Gasteiger partial charge in [0.1, 0.15) is 0 Å². The highest BCUT2D eigenvalue weighted by atomic mass is 16.2. The molecule has 2 heterocycles. The summed E-state index contributed by atoms with van der Waals surface area (Å²) >= 11 is 0. The van der Waals surface area contributed by atoms with Crippen LogP contribution in [0.25, 0.3) is 0 Å². The van der Waals surface area contributed by atoms with Crippen LogP contribution in [0.15, 0.2) is 4.99 Å². The fourth-order valence-electron chi connectivity index (χ4n) is 4.82. The molecule has 2 N–H and O–H groups in total. The van der Waals surface area contributed by atoms with Gasteiger partial charge in [-0.25, -0.2) is 0 Å². The average molecular weight is 378 g/mol. The fraction of sp³-hybridized carbons (Fsp3) is 0.905. The summed E-state index contributed by atoms with van der Waals surface area (Å²) in [7, 11) is 1.83. The molecule has 3 rings (SSSR count). The first-order chi connectivity index (χ1) is 13.2. The van der Waals surface area contributed by atoms with Gasteiger partial charge < -0.3 is 20.4 Å². The van der Waals surface area contributed by atoms with E-state index < -0.39 is 0 Å². The molecule has 1 aliphatic carbocycles. The number of nitrogens with zero attached hydrogens (tertiary/aromatic N) is 3. The molecule has 3 aliphatic rings. The Balaban J connectivity index is 1.36. The van der Waals surface area contributed by atoms with E-state index in [4.69, 9.17) is 0 Å². The predicted molar refractivity (Wildman–Crippen MR) is 111 cm³/mol. The summed E-state index contributed by atoms with van der Waals surface area (Å²) in [6, 6.07) is 0.318. The molecule has 0 bridgehead atoms. The van der Waals surface area contributed by atoms with E-state index in [-0.39, 0.29) is 5.92 Å². The molecule has 2 unspecified atom stereocenters. The number of guanidine groups is 1. The van der Waals surface area contributed by atoms with Gasteiger partial charge in [-0.2, -0.15) is 0 Å². The van der Waals surface area contributed by atoms with Crippen molar-refractivity contribution < 1.29 is 4.79 Å². The van der Waals surface area contributed by atoms with Gasteiger partial charge in [0.2, 0.25) is 5.91 Å². The largest absolute Gasteiger partial charge is 0.356 e. The molecule has 1 amide bonds. The zero-order valence-corrected chi connectivity index (χ0v) is 17.4. The predicted octanol–water partition coefficient (Wildman–Crippen LogP) is 2.06. The number of likely N-dealkylation sites (tertiary alicyclic amines) is 2. The standard InChI is InChI=1S/C21H39N5O/c1-17(15-25-11-6-3-7-12-25)14-23-21(22-2)24-19-10-13-26(16-19)20(27)18-8-4-5-9-18/h17-19H,3-16H2,1-2H3,(H2,22,23,24). The number of hydrogen-bond donors (Lipinski definition) is 2. The van der Waals surface area contributed by atoms with Gasteiger partial charge >= 0.3 is 0 Å². The molecule has 2 saturated heterocycles. The Labute approximate surface area is 165 Å². The van der Waals surface area contributed by atoms with Gasteiger partial charge in [-0.3, -0.25) is 9.79 Å². The van der Waals surface area contributed by atoms with Crippen LogP contribution in [0.1, 0.15) is 58.3 Å². The normalized spacial score (nSPS) is 26.4. The van der Waals surface area contributed by atoms with Crippen LogP contribution in [0.3, 0.4) is 0 Å². The van der Waals surface area contributed by atoms with Crippen molar-refractivity contribution in [3.8, 4) is 0 Å². The number of aliphatic imine (C=N–C) groups is 1. The Bertz CT molecular complexity index is 497. The van der Waals surface area contributed by atoms with E-state index in [2.05, 4.69) is 32.3 Å². The van der Waals surface area contributed by atoms with Crippen LogP contribution in [-0.4, -0.2) is 74.0 Å². The molecule has 1 saturated carbocycles. The van der Waals surface area contributed by atoms with Gasteiger partial charge in [0, 0.05) is 45.2 Å². The van der Waals surface area contributed by atoms with E-state index >= 15 is 0 Å². The lowest BCUT2D eigenvalue weighted by Crippen LogP contribution is -2.47. The first kappa shape index (κ1) is 20.4. The van der Waals surface area contributed by atoms with Crippen molar-refractivity contribution in [3.63, 3.8) is 0 Å². The zero-order chi connectivity index (χ0) is 19.1. The fourth-order valence-corrected chi connectivity index (χ4v) is 4.82. The van der Waals surface area contributed by atoms with Crippen molar-refractivity contribution in [1.82, 2.24) is 20.4 Å². The maximum atomic E-state index is 12.6. The number of amides is 1. The van der Waals surface area contributed by atoms with E-state index in [0.717, 1.165) is 51.4 Å². The smallest absolute Gasteiger partial charge is 0.225 e. The minimum absolute atomic E-state index is 0.289. The second-order valence-electron chi connectivity index (χ2n) is 8.82. The number of carbonyl (C=O) groups excluding carboxylic acids is 1. The molecule has 0 spiro atoms. The third kappa shape index (κ3) is 6.09. The molecule has 0 aromatic heterocycles. The third-order valence-electron chi connectivity index (χ3n) is 6.41. The Morgan fingerprint density at radius 1 is 1.07 bits per heavy atom. The molecule has 2 atom stereocenters. The van der Waals surface area contributed by atoms with Gasteiger partial charge in [0.25, 0.3) is 0 Å². The molecule has 0 aromatic rings. The van der Waals surface area contributed by atoms with Crippen LogP contribution >= 0.6 is 0 Å². The highest BCUT2D eigenvalue weighted by Crippen LogP contribution is 2.27. The van der Waals surface area contributed by atoms with Crippen molar-refractivity contribution in [2.24, 2.45) is 16.8 Å². The minimum atomic E-state index is 0.289. The van der Waals surface area contributed by atoms with E-state index in [1.54, 1.807) is 0 Å². The maximum absolute atomic E-state index is 12.6. The second-order valence-corrected chi connectivity index (χ2v) is 8.82. The van der Waals surface area contributed by atoms with E-state index in [9.17, 15) is 4.79 Å². The first-order valence-electron chi connectivity index (χ1n) is 11.1. The summed E-state index contributed by atoms with van der Waals surface area (Å²) in [4.78, 5) is 21.7. The van der Waals surface area contributed by atoms with Crippen LogP contribution in [-0.2, 0) is 4.79 Å². The Morgan fingerprint density at radius 3 is 2.52 bits per heavy atom. The summed E-state index contributed by atoms with van der Waals surface area (Å²) < 4.78 is 0. The third-order valence-corrected chi connectivity index (χ3v) is 6.41. The van der Waals surface area contributed by atoms with Crippen LogP contribution in [0, 0.1) is 11.8 Å². The highest BCUT2D eigenvalue weighted by molar-refractivity contribution is 5.81. The number of hydrogen-bond acceptors (Lipinski definition) is 3. The first-order valence-corrected chi connectivity index (χ1v) is 11.1. The molecule has 0 aromatic carbocycles. The molecule has 3 fully saturated rings. The van der Waals surface area contributed by atoms with Gasteiger partial charge in [-0.15, -0.1) is 0 Å². The van der Waals surface area contributed by atoms with Crippen molar-refractivity contribution in [3.05, 3.63) is 0 Å². The highest BCUT2D eigenvalue weighted by Gasteiger charge is 2.32. The van der Waals surface area contributed by atoms with Gasteiger partial charge in [0.15, 0.2) is 5.96 Å². The van der Waals surface area contributed by atoms with Crippen molar-refractivity contribution in [2.45, 2.75) is 64.3 Å². The van der Waals surface area contributed by atoms with Crippen LogP contribution in [0.5, 0.6) is 0 Å². The summed E-state index contributed by atoms with van der Waals surface area (Å²) in [5.74, 6) is 2.15. The number of rotatable bonds is 6. The molecule has 0 radical (unpaired) electrons. The summed E-state index contributed by atoms with van der Waals surface area (Å²) in [5, 5.41) is 7.03. The zero-order valence-electron chi connectivity index (χ0n) is 17.4. The molecular weight excluding hydrogens is 338 g/mol. The summed E-state index contributed by atoms with van der Waals surface area (Å²) in [6.07, 6.45) is 9.72. The number of nitrogens with one attached hydrogen (secondary N) is 2. The molecule has 6 heteroatoms. The molecule has 27 heavy (non-hydrogen) atoms. The molecule has 2 aliphatic heterocycles. The van der Waals surface area contributed by atoms with Gasteiger partial charge in [-0.05, 0) is 51.1 Å². The van der Waals surface area contributed by atoms with Crippen molar-refractivity contribution in [1.29, 1.82) is 0 Å². The topological polar surface area (TPSA) is 60.0 Å². The Morgan fingerprint density at radius 2 is 1.81 bits per heavy atom. The molecule has 154 valence electrons. The van der Waals surface area contributed by atoms with Crippen LogP contribution in [0.2, 0.25) is 0 Å². The van der Waals surface area contributed by atoms with Crippen LogP contribution < -0.4 is 10.6 Å². The maximum Gasteiger partial charge on any atom is 0.225 e. The number of piperidine rings is 1. The summed E-state index contributed by atoms with van der Waals surface area (Å²) in [5.41, 5.74) is 0. The average Bonchev–Trinajstić information content (AvgIpc) is 3.37. The number of carbonyl (C=O) groups is 1. The van der Waals surface area contributed by atoms with E-state index in [1.165, 1.54) is 45.2 Å². The SMILES string of the molecule is CN=C(NCC(C)CN1CCCCC1)NC1CCN(C(=O)C2CCCC2)C1.